The van der Waals surface area contributed by atoms with Gasteiger partial charge in [0.1, 0.15) is 11.3 Å². The van der Waals surface area contributed by atoms with Crippen molar-refractivity contribution in [2.75, 3.05) is 13.7 Å². The molecule has 0 aliphatic rings. The number of alkyl halides is 3. The number of esters is 1. The third-order valence-corrected chi connectivity index (χ3v) is 4.18. The summed E-state index contributed by atoms with van der Waals surface area (Å²) in [7, 11) is 1.16. The lowest BCUT2D eigenvalue weighted by Gasteiger charge is -2.14. The lowest BCUT2D eigenvalue weighted by atomic mass is 10.0. The number of ether oxygens (including phenoxy) is 2. The zero-order chi connectivity index (χ0) is 20.5. The lowest BCUT2D eigenvalue weighted by Crippen LogP contribution is -2.16. The maximum Gasteiger partial charge on any atom is 0.450 e. The first-order valence-corrected chi connectivity index (χ1v) is 8.22. The van der Waals surface area contributed by atoms with Crippen LogP contribution >= 0.6 is 11.6 Å². The molecule has 28 heavy (non-hydrogen) atoms. The first-order chi connectivity index (χ1) is 13.2. The fourth-order valence-corrected chi connectivity index (χ4v) is 2.80. The number of carbonyl (C=O) groups excluding carboxylic acids is 1. The third-order valence-electron chi connectivity index (χ3n) is 3.85. The number of rotatable bonds is 4. The highest BCUT2D eigenvalue weighted by atomic mass is 35.5. The first-order valence-electron chi connectivity index (χ1n) is 7.85. The van der Waals surface area contributed by atoms with Gasteiger partial charge < -0.3 is 13.9 Å². The quantitative estimate of drug-likeness (QED) is 0.582. The molecular formula is C19H12ClF3O5. The van der Waals surface area contributed by atoms with Crippen LogP contribution in [0.2, 0.25) is 5.02 Å². The molecule has 2 aromatic carbocycles. The predicted octanol–water partition coefficient (Wildman–Crippen LogP) is 4.68. The van der Waals surface area contributed by atoms with Gasteiger partial charge in [0, 0.05) is 16.7 Å². The zero-order valence-corrected chi connectivity index (χ0v) is 15.1. The van der Waals surface area contributed by atoms with Crippen LogP contribution in [0.1, 0.15) is 5.76 Å². The Morgan fingerprint density at radius 1 is 1.18 bits per heavy atom. The molecule has 0 saturated heterocycles. The van der Waals surface area contributed by atoms with Crippen LogP contribution in [0.5, 0.6) is 5.75 Å². The number of carbonyl (C=O) groups is 1. The normalized spacial score (nSPS) is 11.5. The van der Waals surface area contributed by atoms with Crippen LogP contribution < -0.4 is 10.2 Å². The number of methoxy groups -OCH3 is 1. The molecule has 0 N–H and O–H groups in total. The molecule has 0 radical (unpaired) electrons. The summed E-state index contributed by atoms with van der Waals surface area (Å²) in [6, 6.07) is 9.39. The van der Waals surface area contributed by atoms with Gasteiger partial charge in [-0.1, -0.05) is 29.8 Å². The van der Waals surface area contributed by atoms with E-state index in [0.29, 0.717) is 0 Å². The molecule has 0 atom stereocenters. The molecule has 0 aliphatic heterocycles. The van der Waals surface area contributed by atoms with Gasteiger partial charge in [-0.15, -0.1) is 0 Å². The van der Waals surface area contributed by atoms with Crippen molar-refractivity contribution in [2.45, 2.75) is 6.18 Å². The van der Waals surface area contributed by atoms with Gasteiger partial charge in [-0.05, 0) is 18.2 Å². The largest absolute Gasteiger partial charge is 0.482 e. The van der Waals surface area contributed by atoms with Crippen LogP contribution in [-0.4, -0.2) is 19.7 Å². The van der Waals surface area contributed by atoms with Gasteiger partial charge in [0.25, 0.3) is 0 Å². The second kappa shape index (κ2) is 7.55. The van der Waals surface area contributed by atoms with E-state index in [4.69, 9.17) is 20.8 Å². The molecule has 0 saturated carbocycles. The van der Waals surface area contributed by atoms with E-state index in [9.17, 15) is 22.8 Å². The Morgan fingerprint density at radius 2 is 1.89 bits per heavy atom. The Morgan fingerprint density at radius 3 is 2.54 bits per heavy atom. The Kier molecular flexibility index (Phi) is 5.33. The summed E-state index contributed by atoms with van der Waals surface area (Å²) in [6.07, 6.45) is -4.94. The standard InChI is InChI=1S/C19H12ClF3O5/c1-26-15(24)9-27-10-6-7-12-14(8-10)28-18(19(21,22)23)16(17(12)25)11-4-2-3-5-13(11)20/h2-8H,9H2,1H3. The summed E-state index contributed by atoms with van der Waals surface area (Å²) in [5.41, 5.74) is -1.98. The van der Waals surface area contributed by atoms with Crippen molar-refractivity contribution in [3.8, 4) is 16.9 Å². The average molecular weight is 413 g/mol. The summed E-state index contributed by atoms with van der Waals surface area (Å²) in [5, 5.41) is -0.106. The highest BCUT2D eigenvalue weighted by Crippen LogP contribution is 2.39. The fraction of sp³-hybridized carbons (Fsp3) is 0.158. The molecule has 3 aromatic rings. The second-order valence-electron chi connectivity index (χ2n) is 5.64. The van der Waals surface area contributed by atoms with Crippen molar-refractivity contribution in [1.82, 2.24) is 0 Å². The van der Waals surface area contributed by atoms with Crippen molar-refractivity contribution in [1.29, 1.82) is 0 Å². The van der Waals surface area contributed by atoms with Gasteiger partial charge in [-0.25, -0.2) is 4.79 Å². The molecule has 3 rings (SSSR count). The third kappa shape index (κ3) is 3.82. The highest BCUT2D eigenvalue weighted by molar-refractivity contribution is 6.33. The summed E-state index contributed by atoms with van der Waals surface area (Å²) in [6.45, 7) is -0.448. The molecule has 0 bridgehead atoms. The molecule has 5 nitrogen and oxygen atoms in total. The van der Waals surface area contributed by atoms with E-state index in [1.807, 2.05) is 0 Å². The predicted molar refractivity (Wildman–Crippen MR) is 95.4 cm³/mol. The maximum absolute atomic E-state index is 13.6. The summed E-state index contributed by atoms with van der Waals surface area (Å²) in [5.74, 6) is -2.10. The minimum absolute atomic E-state index is 0.0160. The van der Waals surface area contributed by atoms with E-state index in [-0.39, 0.29) is 27.3 Å². The summed E-state index contributed by atoms with van der Waals surface area (Å²) in [4.78, 5) is 24.0. The molecule has 1 heterocycles. The summed E-state index contributed by atoms with van der Waals surface area (Å²) < 4.78 is 55.4. The molecule has 0 unspecified atom stereocenters. The van der Waals surface area contributed by atoms with E-state index in [1.165, 1.54) is 36.4 Å². The molecule has 146 valence electrons. The van der Waals surface area contributed by atoms with Crippen LogP contribution in [0.3, 0.4) is 0 Å². The van der Waals surface area contributed by atoms with Crippen LogP contribution in [0, 0.1) is 0 Å². The number of hydrogen-bond donors (Lipinski definition) is 0. The molecular weight excluding hydrogens is 401 g/mol. The maximum atomic E-state index is 13.6. The van der Waals surface area contributed by atoms with Gasteiger partial charge >= 0.3 is 12.1 Å². The van der Waals surface area contributed by atoms with E-state index < -0.39 is 35.5 Å². The Labute approximate surface area is 161 Å². The number of benzene rings is 2. The SMILES string of the molecule is COC(=O)COc1ccc2c(=O)c(-c3ccccc3Cl)c(C(F)(F)F)oc2c1. The van der Waals surface area contributed by atoms with Gasteiger partial charge in [-0.2, -0.15) is 13.2 Å². The van der Waals surface area contributed by atoms with E-state index in [1.54, 1.807) is 0 Å². The average Bonchev–Trinajstić information content (AvgIpc) is 2.66. The Hall–Kier alpha value is -3.00. The number of hydrogen-bond acceptors (Lipinski definition) is 5. The van der Waals surface area contributed by atoms with Crippen molar-refractivity contribution < 1.29 is 31.9 Å². The number of fused-ring (bicyclic) bond motifs is 1. The van der Waals surface area contributed by atoms with Gasteiger partial charge in [0.05, 0.1) is 18.1 Å². The second-order valence-corrected chi connectivity index (χ2v) is 6.04. The summed E-state index contributed by atoms with van der Waals surface area (Å²) >= 11 is 6.00. The van der Waals surface area contributed by atoms with Crippen LogP contribution in [0.15, 0.2) is 51.7 Å². The Bertz CT molecular complexity index is 1100. The van der Waals surface area contributed by atoms with Crippen molar-refractivity contribution in [2.24, 2.45) is 0 Å². The highest BCUT2D eigenvalue weighted by Gasteiger charge is 2.39. The molecule has 9 heteroatoms. The lowest BCUT2D eigenvalue weighted by molar-refractivity contribution is -0.152. The van der Waals surface area contributed by atoms with Gasteiger partial charge in [0.15, 0.2) is 6.61 Å². The molecule has 1 aromatic heterocycles. The van der Waals surface area contributed by atoms with E-state index in [2.05, 4.69) is 4.74 Å². The minimum Gasteiger partial charge on any atom is -0.482 e. The van der Waals surface area contributed by atoms with Gasteiger partial charge in [-0.3, -0.25) is 4.79 Å². The smallest absolute Gasteiger partial charge is 0.450 e. The molecule has 0 fully saturated rings. The topological polar surface area (TPSA) is 65.7 Å². The minimum atomic E-state index is -4.94. The number of halogens is 4. The Balaban J connectivity index is 2.22. The van der Waals surface area contributed by atoms with E-state index in [0.717, 1.165) is 13.2 Å². The van der Waals surface area contributed by atoms with Crippen molar-refractivity contribution in [3.05, 3.63) is 63.5 Å². The van der Waals surface area contributed by atoms with Crippen molar-refractivity contribution in [3.63, 3.8) is 0 Å². The first kappa shape index (κ1) is 19.8. The molecule has 0 amide bonds. The molecule has 0 spiro atoms. The van der Waals surface area contributed by atoms with Crippen LogP contribution in [0.25, 0.3) is 22.1 Å². The van der Waals surface area contributed by atoms with E-state index >= 15 is 0 Å². The monoisotopic (exact) mass is 412 g/mol. The molecule has 0 aliphatic carbocycles. The zero-order valence-electron chi connectivity index (χ0n) is 14.3. The van der Waals surface area contributed by atoms with Crippen LogP contribution in [0.4, 0.5) is 13.2 Å². The van der Waals surface area contributed by atoms with Gasteiger partial charge in [0.2, 0.25) is 11.2 Å². The fourth-order valence-electron chi connectivity index (χ4n) is 2.57. The van der Waals surface area contributed by atoms with Crippen LogP contribution in [-0.2, 0) is 15.7 Å². The van der Waals surface area contributed by atoms with Crippen molar-refractivity contribution >= 4 is 28.5 Å².